The zero-order valence-electron chi connectivity index (χ0n) is 8.32. The molecule has 1 heterocycles. The molecule has 0 aromatic heterocycles. The Labute approximate surface area is 90.9 Å². The summed E-state index contributed by atoms with van der Waals surface area (Å²) >= 11 is 0. The maximum Gasteiger partial charge on any atom is 0.320 e. The quantitative estimate of drug-likeness (QED) is 0.787. The van der Waals surface area contributed by atoms with Gasteiger partial charge in [0.05, 0.1) is 0 Å². The normalized spacial score (nSPS) is 28.1. The van der Waals surface area contributed by atoms with E-state index in [0.29, 0.717) is 0 Å². The Morgan fingerprint density at radius 1 is 1.29 bits per heavy atom. The molecule has 1 aliphatic carbocycles. The van der Waals surface area contributed by atoms with Gasteiger partial charge in [-0.1, -0.05) is 6.42 Å². The molecule has 0 bridgehead atoms. The van der Waals surface area contributed by atoms with Crippen LogP contribution in [0.4, 0.5) is 0 Å². The standard InChI is InChI=1S/C10H17NO2.ClH/c12-10(13)9-3-1-2-6-11(9)7-8-4-5-8;/h8-9H,1-7H2,(H,12,13);1H. The first kappa shape index (κ1) is 11.8. The molecule has 82 valence electrons. The highest BCUT2D eigenvalue weighted by molar-refractivity contribution is 5.85. The fourth-order valence-corrected chi connectivity index (χ4v) is 2.12. The van der Waals surface area contributed by atoms with E-state index in [0.717, 1.165) is 31.8 Å². The van der Waals surface area contributed by atoms with Gasteiger partial charge in [-0.15, -0.1) is 12.4 Å². The summed E-state index contributed by atoms with van der Waals surface area (Å²) in [5.41, 5.74) is 0. The van der Waals surface area contributed by atoms with Gasteiger partial charge in [-0.05, 0) is 38.1 Å². The fourth-order valence-electron chi connectivity index (χ4n) is 2.12. The van der Waals surface area contributed by atoms with Gasteiger partial charge in [-0.3, -0.25) is 9.69 Å². The molecule has 1 unspecified atom stereocenters. The summed E-state index contributed by atoms with van der Waals surface area (Å²) in [7, 11) is 0. The minimum Gasteiger partial charge on any atom is -0.480 e. The molecule has 1 aliphatic heterocycles. The van der Waals surface area contributed by atoms with Gasteiger partial charge in [-0.25, -0.2) is 0 Å². The molecule has 1 saturated carbocycles. The molecule has 3 nitrogen and oxygen atoms in total. The smallest absolute Gasteiger partial charge is 0.320 e. The molecule has 0 aromatic rings. The highest BCUT2D eigenvalue weighted by Crippen LogP contribution is 2.31. The Hall–Kier alpha value is -0.280. The molecule has 1 saturated heterocycles. The molecule has 0 amide bonds. The van der Waals surface area contributed by atoms with E-state index in [2.05, 4.69) is 4.90 Å². The maximum absolute atomic E-state index is 10.9. The monoisotopic (exact) mass is 219 g/mol. The second-order valence-corrected chi connectivity index (χ2v) is 4.29. The average molecular weight is 220 g/mol. The van der Waals surface area contributed by atoms with Crippen molar-refractivity contribution in [2.24, 2.45) is 5.92 Å². The summed E-state index contributed by atoms with van der Waals surface area (Å²) in [6, 6.07) is -0.186. The van der Waals surface area contributed by atoms with Crippen LogP contribution in [-0.4, -0.2) is 35.1 Å². The van der Waals surface area contributed by atoms with Crippen LogP contribution in [0.2, 0.25) is 0 Å². The maximum atomic E-state index is 10.9. The molecule has 2 fully saturated rings. The van der Waals surface area contributed by atoms with Crippen LogP contribution < -0.4 is 0 Å². The molecule has 4 heteroatoms. The van der Waals surface area contributed by atoms with Crippen LogP contribution in [0.5, 0.6) is 0 Å². The molecule has 1 atom stereocenters. The number of carboxylic acids is 1. The van der Waals surface area contributed by atoms with E-state index in [1.807, 2.05) is 0 Å². The summed E-state index contributed by atoms with van der Waals surface area (Å²) in [6.45, 7) is 2.02. The van der Waals surface area contributed by atoms with E-state index in [-0.39, 0.29) is 18.4 Å². The molecule has 0 spiro atoms. The average Bonchev–Trinajstić information content (AvgIpc) is 2.89. The van der Waals surface area contributed by atoms with Crippen LogP contribution in [0, 0.1) is 5.92 Å². The molecule has 2 aliphatic rings. The van der Waals surface area contributed by atoms with Crippen LogP contribution >= 0.6 is 12.4 Å². The lowest BCUT2D eigenvalue weighted by atomic mass is 10.0. The lowest BCUT2D eigenvalue weighted by Gasteiger charge is -2.32. The van der Waals surface area contributed by atoms with Crippen LogP contribution in [0.3, 0.4) is 0 Å². The van der Waals surface area contributed by atoms with Crippen molar-refractivity contribution in [1.29, 1.82) is 0 Å². The Balaban J connectivity index is 0.000000980. The Morgan fingerprint density at radius 2 is 2.00 bits per heavy atom. The van der Waals surface area contributed by atoms with Crippen molar-refractivity contribution in [2.45, 2.75) is 38.1 Å². The van der Waals surface area contributed by atoms with Gasteiger partial charge in [0.1, 0.15) is 6.04 Å². The van der Waals surface area contributed by atoms with Crippen molar-refractivity contribution in [2.75, 3.05) is 13.1 Å². The number of halogens is 1. The van der Waals surface area contributed by atoms with Gasteiger partial charge < -0.3 is 5.11 Å². The van der Waals surface area contributed by atoms with Gasteiger partial charge >= 0.3 is 5.97 Å². The van der Waals surface area contributed by atoms with Crippen molar-refractivity contribution in [1.82, 2.24) is 4.90 Å². The molecule has 0 radical (unpaired) electrons. The van der Waals surface area contributed by atoms with Crippen molar-refractivity contribution in [3.63, 3.8) is 0 Å². The lowest BCUT2D eigenvalue weighted by Crippen LogP contribution is -2.45. The van der Waals surface area contributed by atoms with Crippen LogP contribution in [0.25, 0.3) is 0 Å². The number of rotatable bonds is 3. The summed E-state index contributed by atoms with van der Waals surface area (Å²) in [5, 5.41) is 9.00. The van der Waals surface area contributed by atoms with Gasteiger partial charge in [0.15, 0.2) is 0 Å². The third-order valence-electron chi connectivity index (χ3n) is 3.09. The van der Waals surface area contributed by atoms with Crippen molar-refractivity contribution >= 4 is 18.4 Å². The van der Waals surface area contributed by atoms with E-state index < -0.39 is 5.97 Å². The Morgan fingerprint density at radius 3 is 2.57 bits per heavy atom. The van der Waals surface area contributed by atoms with Crippen molar-refractivity contribution in [3.05, 3.63) is 0 Å². The third-order valence-corrected chi connectivity index (χ3v) is 3.09. The van der Waals surface area contributed by atoms with E-state index >= 15 is 0 Å². The summed E-state index contributed by atoms with van der Waals surface area (Å²) in [6.07, 6.45) is 5.72. The van der Waals surface area contributed by atoms with Gasteiger partial charge in [0.25, 0.3) is 0 Å². The summed E-state index contributed by atoms with van der Waals surface area (Å²) in [5.74, 6) is 0.181. The Bertz CT molecular complexity index is 206. The molecule has 0 aromatic carbocycles. The van der Waals surface area contributed by atoms with Crippen molar-refractivity contribution in [3.8, 4) is 0 Å². The molecule has 2 rings (SSSR count). The van der Waals surface area contributed by atoms with Gasteiger partial charge in [0.2, 0.25) is 0 Å². The number of aliphatic carboxylic acids is 1. The number of nitrogens with zero attached hydrogens (tertiary/aromatic N) is 1. The minimum atomic E-state index is -0.625. The second-order valence-electron chi connectivity index (χ2n) is 4.29. The topological polar surface area (TPSA) is 40.5 Å². The fraction of sp³-hybridized carbons (Fsp3) is 0.900. The van der Waals surface area contributed by atoms with Crippen LogP contribution in [0.15, 0.2) is 0 Å². The first-order chi connectivity index (χ1) is 6.27. The number of piperidine rings is 1. The largest absolute Gasteiger partial charge is 0.480 e. The highest BCUT2D eigenvalue weighted by atomic mass is 35.5. The van der Waals surface area contributed by atoms with Crippen LogP contribution in [0.1, 0.15) is 32.1 Å². The molecule has 1 N–H and O–H groups in total. The zero-order valence-corrected chi connectivity index (χ0v) is 9.13. The third kappa shape index (κ3) is 2.85. The highest BCUT2D eigenvalue weighted by Gasteiger charge is 2.32. The molecule has 14 heavy (non-hydrogen) atoms. The summed E-state index contributed by atoms with van der Waals surface area (Å²) in [4.78, 5) is 13.1. The predicted octanol–water partition coefficient (Wildman–Crippen LogP) is 1.76. The molecular formula is C10H18ClNO2. The number of hydrogen-bond donors (Lipinski definition) is 1. The van der Waals surface area contributed by atoms with Crippen LogP contribution in [-0.2, 0) is 4.79 Å². The van der Waals surface area contributed by atoms with E-state index in [1.165, 1.54) is 19.3 Å². The molecular weight excluding hydrogens is 202 g/mol. The zero-order chi connectivity index (χ0) is 9.26. The first-order valence-electron chi connectivity index (χ1n) is 5.24. The van der Waals surface area contributed by atoms with Gasteiger partial charge in [-0.2, -0.15) is 0 Å². The number of likely N-dealkylation sites (tertiary alicyclic amines) is 1. The SMILES string of the molecule is Cl.O=C(O)C1CCCCN1CC1CC1. The number of carboxylic acid groups (broad SMARTS) is 1. The predicted molar refractivity (Wildman–Crippen MR) is 56.8 cm³/mol. The lowest BCUT2D eigenvalue weighted by molar-refractivity contribution is -0.144. The first-order valence-corrected chi connectivity index (χ1v) is 5.24. The minimum absolute atomic E-state index is 0. The number of carbonyl (C=O) groups is 1. The van der Waals surface area contributed by atoms with E-state index in [1.54, 1.807) is 0 Å². The second kappa shape index (κ2) is 4.99. The Kier molecular flexibility index (Phi) is 4.20. The van der Waals surface area contributed by atoms with Crippen molar-refractivity contribution < 1.29 is 9.90 Å². The number of hydrogen-bond acceptors (Lipinski definition) is 2. The van der Waals surface area contributed by atoms with E-state index in [9.17, 15) is 4.79 Å². The van der Waals surface area contributed by atoms with Gasteiger partial charge in [0, 0.05) is 6.54 Å². The van der Waals surface area contributed by atoms with E-state index in [4.69, 9.17) is 5.11 Å². The summed E-state index contributed by atoms with van der Waals surface area (Å²) < 4.78 is 0.